The molecule has 0 N–H and O–H groups in total. The summed E-state index contributed by atoms with van der Waals surface area (Å²) in [4.78, 5) is 2.50. The number of aryl methyl sites for hydroxylation is 3. The molecule has 68 heavy (non-hydrogen) atoms. The predicted octanol–water partition coefficient (Wildman–Crippen LogP) is 17.4. The molecular weight excluding hydrogens is 819 g/mol. The molecule has 1 heteroatoms. The summed E-state index contributed by atoms with van der Waals surface area (Å²) in [5, 5.41) is 0. The van der Waals surface area contributed by atoms with Crippen molar-refractivity contribution in [1.82, 2.24) is 0 Å². The van der Waals surface area contributed by atoms with Crippen LogP contribution in [0.5, 0.6) is 0 Å². The molecule has 0 atom stereocenters. The summed E-state index contributed by atoms with van der Waals surface area (Å²) in [6, 6.07) is 75.2. The van der Waals surface area contributed by atoms with Crippen LogP contribution in [0.4, 0.5) is 17.1 Å². The molecule has 332 valence electrons. The highest BCUT2D eigenvalue weighted by Crippen LogP contribution is 2.64. The second-order valence-corrected chi connectivity index (χ2v) is 22.0. The lowest BCUT2D eigenvalue weighted by Gasteiger charge is -2.36. The minimum Gasteiger partial charge on any atom is -0.310 e. The van der Waals surface area contributed by atoms with E-state index in [0.29, 0.717) is 0 Å². The third kappa shape index (κ3) is 6.00. The lowest BCUT2D eigenvalue weighted by Crippen LogP contribution is -2.29. The van der Waals surface area contributed by atoms with Crippen molar-refractivity contribution in [3.63, 3.8) is 0 Å². The van der Waals surface area contributed by atoms with Crippen LogP contribution < -0.4 is 4.90 Å². The molecule has 0 bridgehead atoms. The number of hydrogen-bond acceptors (Lipinski definition) is 1. The Morgan fingerprint density at radius 3 is 1.07 bits per heavy atom. The minimum atomic E-state index is -0.564. The molecular formula is C67H59N. The lowest BCUT2D eigenvalue weighted by molar-refractivity contribution is 0.588. The van der Waals surface area contributed by atoms with Gasteiger partial charge in [-0.2, -0.15) is 0 Å². The van der Waals surface area contributed by atoms with Gasteiger partial charge in [0, 0.05) is 17.1 Å². The Bertz CT molecular complexity index is 3350. The summed E-state index contributed by atoms with van der Waals surface area (Å²) in [5.41, 5.74) is 27.4. The molecule has 0 saturated heterocycles. The van der Waals surface area contributed by atoms with Crippen LogP contribution in [0.3, 0.4) is 0 Å². The average Bonchev–Trinajstić information content (AvgIpc) is 3.90. The highest BCUT2D eigenvalue weighted by molar-refractivity contribution is 5.97. The number of benzene rings is 9. The molecule has 0 heterocycles. The number of hydrogen-bond donors (Lipinski definition) is 0. The molecule has 3 aliphatic rings. The number of para-hydroxylation sites is 1. The SMILES string of the molecule is Cc1ccc2c(c1)C1(c3cc(C)ccc3-2)c2cc(C)ccc2-c2ccc(N(c3ccccc3)c3ccc4c(c3)C(c3ccc(C(C)(C)C)cc3)(c3ccc(C(C)(C)C)cc3)c3ccccc3-4)cc21. The van der Waals surface area contributed by atoms with Crippen LogP contribution >= 0.6 is 0 Å². The zero-order valence-corrected chi connectivity index (χ0v) is 40.9. The Labute approximate surface area is 403 Å². The van der Waals surface area contributed by atoms with E-state index >= 15 is 0 Å². The predicted molar refractivity (Wildman–Crippen MR) is 286 cm³/mol. The van der Waals surface area contributed by atoms with Crippen molar-refractivity contribution in [2.45, 2.75) is 84.0 Å². The molecule has 12 rings (SSSR count). The summed E-state index contributed by atoms with van der Waals surface area (Å²) in [6.07, 6.45) is 0. The highest BCUT2D eigenvalue weighted by Gasteiger charge is 2.52. The fourth-order valence-corrected chi connectivity index (χ4v) is 12.4. The van der Waals surface area contributed by atoms with E-state index in [1.807, 2.05) is 0 Å². The minimum absolute atomic E-state index is 0.0316. The Morgan fingerprint density at radius 1 is 0.294 bits per heavy atom. The van der Waals surface area contributed by atoms with E-state index in [4.69, 9.17) is 0 Å². The van der Waals surface area contributed by atoms with Crippen LogP contribution in [0.1, 0.15) is 114 Å². The van der Waals surface area contributed by atoms with Gasteiger partial charge in [0.1, 0.15) is 0 Å². The van der Waals surface area contributed by atoms with E-state index < -0.39 is 10.8 Å². The summed E-state index contributed by atoms with van der Waals surface area (Å²) in [7, 11) is 0. The molecule has 9 aromatic rings. The first kappa shape index (κ1) is 42.2. The van der Waals surface area contributed by atoms with Crippen LogP contribution in [-0.4, -0.2) is 0 Å². The quantitative estimate of drug-likeness (QED) is 0.166. The molecule has 9 aromatic carbocycles. The maximum absolute atomic E-state index is 2.53. The molecule has 0 fully saturated rings. The van der Waals surface area contributed by atoms with Crippen molar-refractivity contribution in [1.29, 1.82) is 0 Å². The van der Waals surface area contributed by atoms with Crippen molar-refractivity contribution in [2.24, 2.45) is 0 Å². The zero-order valence-electron chi connectivity index (χ0n) is 40.9. The third-order valence-electron chi connectivity index (χ3n) is 15.7. The molecule has 0 amide bonds. The van der Waals surface area contributed by atoms with Gasteiger partial charge in [-0.15, -0.1) is 0 Å². The maximum atomic E-state index is 2.53. The fraction of sp³-hybridized carbons (Fsp3) is 0.194. The zero-order chi connectivity index (χ0) is 46.9. The summed E-state index contributed by atoms with van der Waals surface area (Å²) < 4.78 is 0. The molecule has 1 spiro atoms. The summed E-state index contributed by atoms with van der Waals surface area (Å²) >= 11 is 0. The summed E-state index contributed by atoms with van der Waals surface area (Å²) in [5.74, 6) is 0. The monoisotopic (exact) mass is 877 g/mol. The average molecular weight is 878 g/mol. The van der Waals surface area contributed by atoms with E-state index in [-0.39, 0.29) is 10.8 Å². The number of anilines is 3. The second-order valence-electron chi connectivity index (χ2n) is 22.0. The van der Waals surface area contributed by atoms with Crippen LogP contribution in [0.2, 0.25) is 0 Å². The molecule has 0 saturated carbocycles. The normalized spacial score (nSPS) is 14.5. The lowest BCUT2D eigenvalue weighted by atomic mass is 9.67. The van der Waals surface area contributed by atoms with Gasteiger partial charge < -0.3 is 4.90 Å². The highest BCUT2D eigenvalue weighted by atomic mass is 15.1. The smallest absolute Gasteiger partial charge is 0.0726 e. The van der Waals surface area contributed by atoms with Gasteiger partial charge in [-0.25, -0.2) is 0 Å². The standard InChI is InChI=1S/C67H59N/c1-42-19-32-53-54-33-20-43(2)38-60(54)67(59(53)37-42)61-39-44(3)21-34-55(61)57-36-31-51(41-63(57)67)68(49-15-11-10-12-16-49)50-30-35-56-52-17-13-14-18-58(52)66(62(56)40-50,47-26-22-45(23-27-47)64(4,5)6)48-28-24-46(25-29-48)65(7,8)9/h10-41H,1-9H3. The van der Waals surface area contributed by atoms with E-state index in [1.165, 1.54) is 106 Å². The van der Waals surface area contributed by atoms with Crippen molar-refractivity contribution >= 4 is 17.1 Å². The Morgan fingerprint density at radius 2 is 0.647 bits per heavy atom. The van der Waals surface area contributed by atoms with E-state index in [9.17, 15) is 0 Å². The van der Waals surface area contributed by atoms with Gasteiger partial charge in [-0.05, 0) is 157 Å². The first-order chi connectivity index (χ1) is 32.7. The first-order valence-corrected chi connectivity index (χ1v) is 24.5. The Balaban J connectivity index is 1.12. The van der Waals surface area contributed by atoms with Crippen LogP contribution in [0.15, 0.2) is 194 Å². The third-order valence-corrected chi connectivity index (χ3v) is 15.7. The van der Waals surface area contributed by atoms with Crippen molar-refractivity contribution in [2.75, 3.05) is 4.90 Å². The van der Waals surface area contributed by atoms with Crippen molar-refractivity contribution < 1.29 is 0 Å². The molecule has 3 aliphatic carbocycles. The van der Waals surface area contributed by atoms with Gasteiger partial charge in [0.2, 0.25) is 0 Å². The largest absolute Gasteiger partial charge is 0.310 e. The Kier molecular flexibility index (Phi) is 9.23. The van der Waals surface area contributed by atoms with E-state index in [1.54, 1.807) is 0 Å². The van der Waals surface area contributed by atoms with E-state index in [0.717, 1.165) is 17.1 Å². The summed E-state index contributed by atoms with van der Waals surface area (Å²) in [6.45, 7) is 20.6. The number of nitrogens with zero attached hydrogens (tertiary/aromatic N) is 1. The molecule has 0 aliphatic heterocycles. The van der Waals surface area contributed by atoms with Gasteiger partial charge in [0.05, 0.1) is 10.8 Å². The topological polar surface area (TPSA) is 3.24 Å². The molecule has 0 unspecified atom stereocenters. The van der Waals surface area contributed by atoms with Gasteiger partial charge in [-0.3, -0.25) is 0 Å². The van der Waals surface area contributed by atoms with E-state index in [2.05, 4.69) is 261 Å². The van der Waals surface area contributed by atoms with Crippen LogP contribution in [0.25, 0.3) is 33.4 Å². The van der Waals surface area contributed by atoms with Gasteiger partial charge >= 0.3 is 0 Å². The van der Waals surface area contributed by atoms with Gasteiger partial charge in [0.25, 0.3) is 0 Å². The first-order valence-electron chi connectivity index (χ1n) is 24.5. The van der Waals surface area contributed by atoms with Crippen molar-refractivity contribution in [3.05, 3.63) is 266 Å². The Hall–Kier alpha value is -7.22. The molecule has 0 aromatic heterocycles. The van der Waals surface area contributed by atoms with Crippen molar-refractivity contribution in [3.8, 4) is 33.4 Å². The number of fused-ring (bicyclic) bond motifs is 13. The molecule has 1 nitrogen and oxygen atoms in total. The second kappa shape index (κ2) is 14.9. The van der Waals surface area contributed by atoms with Gasteiger partial charge in [-0.1, -0.05) is 216 Å². The fourth-order valence-electron chi connectivity index (χ4n) is 12.4. The van der Waals surface area contributed by atoms with Crippen LogP contribution in [0, 0.1) is 20.8 Å². The molecule has 0 radical (unpaired) electrons. The van der Waals surface area contributed by atoms with Gasteiger partial charge in [0.15, 0.2) is 0 Å². The maximum Gasteiger partial charge on any atom is 0.0726 e. The number of rotatable bonds is 5. The van der Waals surface area contributed by atoms with Crippen LogP contribution in [-0.2, 0) is 21.7 Å².